The summed E-state index contributed by atoms with van der Waals surface area (Å²) in [5.41, 5.74) is 3.51. The molecule has 0 radical (unpaired) electrons. The van der Waals surface area contributed by atoms with Gasteiger partial charge in [-0.2, -0.15) is 0 Å². The van der Waals surface area contributed by atoms with Crippen LogP contribution in [0.3, 0.4) is 0 Å². The predicted molar refractivity (Wildman–Crippen MR) is 120 cm³/mol. The predicted octanol–water partition coefficient (Wildman–Crippen LogP) is 4.15. The van der Waals surface area contributed by atoms with E-state index in [-0.39, 0.29) is 30.3 Å². The van der Waals surface area contributed by atoms with Crippen LogP contribution in [0.4, 0.5) is 5.69 Å². The van der Waals surface area contributed by atoms with Gasteiger partial charge in [-0.1, -0.05) is 44.2 Å². The van der Waals surface area contributed by atoms with Gasteiger partial charge in [-0.25, -0.2) is 0 Å². The van der Waals surface area contributed by atoms with Crippen LogP contribution in [0.25, 0.3) is 0 Å². The van der Waals surface area contributed by atoms with Crippen molar-refractivity contribution in [1.82, 2.24) is 4.90 Å². The highest BCUT2D eigenvalue weighted by atomic mass is 16.5. The Balaban J connectivity index is 1.43. The second-order valence-corrected chi connectivity index (χ2v) is 8.31. The van der Waals surface area contributed by atoms with Crippen LogP contribution in [-0.2, 0) is 14.3 Å². The molecule has 2 aromatic rings. The lowest BCUT2D eigenvalue weighted by Gasteiger charge is -2.31. The topological polar surface area (TPSA) is 75.7 Å². The van der Waals surface area contributed by atoms with Crippen molar-refractivity contribution in [1.29, 1.82) is 0 Å². The van der Waals surface area contributed by atoms with Gasteiger partial charge in [-0.15, -0.1) is 0 Å². The molecule has 2 amide bonds. The lowest BCUT2D eigenvalue weighted by atomic mass is 9.96. The van der Waals surface area contributed by atoms with Gasteiger partial charge in [0, 0.05) is 24.3 Å². The summed E-state index contributed by atoms with van der Waals surface area (Å²) in [5, 5.41) is 2.74. The number of aryl methyl sites for hydroxylation is 1. The molecule has 0 saturated carbocycles. The number of piperidine rings is 1. The summed E-state index contributed by atoms with van der Waals surface area (Å²) >= 11 is 0. The summed E-state index contributed by atoms with van der Waals surface area (Å²) in [6, 6.07) is 15.1. The highest BCUT2D eigenvalue weighted by Crippen LogP contribution is 2.22. The summed E-state index contributed by atoms with van der Waals surface area (Å²) in [6.45, 7) is 6.82. The molecule has 1 aliphatic rings. The van der Waals surface area contributed by atoms with E-state index < -0.39 is 0 Å². The molecule has 0 aliphatic carbocycles. The number of nitrogens with zero attached hydrogens (tertiary/aromatic N) is 1. The fourth-order valence-corrected chi connectivity index (χ4v) is 3.70. The summed E-state index contributed by atoms with van der Waals surface area (Å²) in [6.07, 6.45) is 1.07. The van der Waals surface area contributed by atoms with E-state index >= 15 is 0 Å². The van der Waals surface area contributed by atoms with Gasteiger partial charge >= 0.3 is 5.97 Å². The van der Waals surface area contributed by atoms with Gasteiger partial charge < -0.3 is 15.0 Å². The molecule has 0 atom stereocenters. The quantitative estimate of drug-likeness (QED) is 0.710. The molecular weight excluding hydrogens is 392 g/mol. The normalized spacial score (nSPS) is 14.4. The van der Waals surface area contributed by atoms with Gasteiger partial charge in [0.25, 0.3) is 11.8 Å². The minimum Gasteiger partial charge on any atom is -0.455 e. The van der Waals surface area contributed by atoms with E-state index in [4.69, 9.17) is 4.74 Å². The molecule has 2 aromatic carbocycles. The fraction of sp³-hybridized carbons (Fsp3) is 0.400. The van der Waals surface area contributed by atoms with E-state index in [2.05, 4.69) is 19.2 Å². The highest BCUT2D eigenvalue weighted by Gasteiger charge is 2.29. The third-order valence-electron chi connectivity index (χ3n) is 5.70. The largest absolute Gasteiger partial charge is 0.455 e. The summed E-state index contributed by atoms with van der Waals surface area (Å²) in [4.78, 5) is 39.0. The lowest BCUT2D eigenvalue weighted by molar-refractivity contribution is -0.152. The molecule has 1 aliphatic heterocycles. The monoisotopic (exact) mass is 422 g/mol. The van der Waals surface area contributed by atoms with Crippen molar-refractivity contribution >= 4 is 23.5 Å². The number of carbonyl (C=O) groups is 3. The molecule has 1 heterocycles. The molecule has 1 saturated heterocycles. The average molecular weight is 423 g/mol. The van der Waals surface area contributed by atoms with E-state index in [0.29, 0.717) is 43.1 Å². The maximum absolute atomic E-state index is 12.7. The molecular formula is C25H30N2O4. The van der Waals surface area contributed by atoms with Gasteiger partial charge in [-0.05, 0) is 55.0 Å². The molecule has 0 bridgehead atoms. The molecule has 164 valence electrons. The van der Waals surface area contributed by atoms with E-state index in [1.54, 1.807) is 4.90 Å². The Hall–Kier alpha value is -3.15. The first-order valence-electron chi connectivity index (χ1n) is 10.8. The standard InChI is InChI=1S/C25H30N2O4/c1-17(2)19-8-10-21(11-9-19)26-23(28)16-31-25(30)20-12-14-27(15-13-20)24(29)22-7-5-4-6-18(22)3/h4-11,17,20H,12-16H2,1-3H3,(H,26,28). The minimum atomic E-state index is -0.381. The Morgan fingerprint density at radius 1 is 1.03 bits per heavy atom. The van der Waals surface area contributed by atoms with Crippen molar-refractivity contribution in [3.05, 3.63) is 65.2 Å². The van der Waals surface area contributed by atoms with Gasteiger partial charge in [-0.3, -0.25) is 14.4 Å². The molecule has 0 spiro atoms. The van der Waals surface area contributed by atoms with E-state index in [0.717, 1.165) is 5.56 Å². The number of ether oxygens (including phenoxy) is 1. The Kier molecular flexibility index (Phi) is 7.45. The number of hydrogen-bond donors (Lipinski definition) is 1. The van der Waals surface area contributed by atoms with Crippen LogP contribution in [-0.4, -0.2) is 42.4 Å². The maximum atomic E-state index is 12.7. The van der Waals surface area contributed by atoms with Crippen molar-refractivity contribution in [2.24, 2.45) is 5.92 Å². The second-order valence-electron chi connectivity index (χ2n) is 8.31. The van der Waals surface area contributed by atoms with Crippen LogP contribution < -0.4 is 5.32 Å². The first-order valence-corrected chi connectivity index (χ1v) is 10.8. The number of anilines is 1. The SMILES string of the molecule is Cc1ccccc1C(=O)N1CCC(C(=O)OCC(=O)Nc2ccc(C(C)C)cc2)CC1. The number of amides is 2. The summed E-state index contributed by atoms with van der Waals surface area (Å²) < 4.78 is 5.22. The maximum Gasteiger partial charge on any atom is 0.309 e. The number of esters is 1. The minimum absolute atomic E-state index is 0.00668. The van der Waals surface area contributed by atoms with Crippen molar-refractivity contribution in [3.63, 3.8) is 0 Å². The molecule has 6 nitrogen and oxygen atoms in total. The average Bonchev–Trinajstić information content (AvgIpc) is 2.78. The number of hydrogen-bond acceptors (Lipinski definition) is 4. The zero-order valence-corrected chi connectivity index (χ0v) is 18.4. The molecule has 6 heteroatoms. The number of nitrogens with one attached hydrogen (secondary N) is 1. The third-order valence-corrected chi connectivity index (χ3v) is 5.70. The second kappa shape index (κ2) is 10.2. The highest BCUT2D eigenvalue weighted by molar-refractivity contribution is 5.96. The Morgan fingerprint density at radius 3 is 2.29 bits per heavy atom. The van der Waals surface area contributed by atoms with Gasteiger partial charge in [0.15, 0.2) is 6.61 Å². The van der Waals surface area contributed by atoms with Crippen LogP contribution >= 0.6 is 0 Å². The van der Waals surface area contributed by atoms with Crippen molar-refractivity contribution < 1.29 is 19.1 Å². The van der Waals surface area contributed by atoms with Crippen molar-refractivity contribution in [2.75, 3.05) is 25.0 Å². The van der Waals surface area contributed by atoms with Crippen molar-refractivity contribution in [3.8, 4) is 0 Å². The summed E-state index contributed by atoms with van der Waals surface area (Å²) in [7, 11) is 0. The Labute approximate surface area is 183 Å². The first-order chi connectivity index (χ1) is 14.8. The molecule has 31 heavy (non-hydrogen) atoms. The van der Waals surface area contributed by atoms with Crippen LogP contribution in [0.1, 0.15) is 54.1 Å². The molecule has 0 aromatic heterocycles. The number of likely N-dealkylation sites (tertiary alicyclic amines) is 1. The molecule has 0 unspecified atom stereocenters. The van der Waals surface area contributed by atoms with Gasteiger partial charge in [0.05, 0.1) is 5.92 Å². The Bertz CT molecular complexity index is 929. The zero-order valence-electron chi connectivity index (χ0n) is 18.4. The van der Waals surface area contributed by atoms with E-state index in [1.807, 2.05) is 55.5 Å². The lowest BCUT2D eigenvalue weighted by Crippen LogP contribution is -2.41. The van der Waals surface area contributed by atoms with Crippen molar-refractivity contribution in [2.45, 2.75) is 39.5 Å². The smallest absolute Gasteiger partial charge is 0.309 e. The van der Waals surface area contributed by atoms with Crippen LogP contribution in [0.2, 0.25) is 0 Å². The fourth-order valence-electron chi connectivity index (χ4n) is 3.70. The summed E-state index contributed by atoms with van der Waals surface area (Å²) in [5.74, 6) is -0.623. The molecule has 3 rings (SSSR count). The van der Waals surface area contributed by atoms with Gasteiger partial charge in [0.2, 0.25) is 0 Å². The molecule has 1 fully saturated rings. The zero-order chi connectivity index (χ0) is 22.4. The van der Waals surface area contributed by atoms with E-state index in [9.17, 15) is 14.4 Å². The third kappa shape index (κ3) is 5.94. The van der Waals surface area contributed by atoms with Gasteiger partial charge in [0.1, 0.15) is 0 Å². The molecule has 1 N–H and O–H groups in total. The number of benzene rings is 2. The first kappa shape index (κ1) is 22.5. The Morgan fingerprint density at radius 2 is 1.68 bits per heavy atom. The number of carbonyl (C=O) groups excluding carboxylic acids is 3. The van der Waals surface area contributed by atoms with Crippen LogP contribution in [0.15, 0.2) is 48.5 Å². The van der Waals surface area contributed by atoms with Crippen LogP contribution in [0.5, 0.6) is 0 Å². The number of rotatable bonds is 6. The van der Waals surface area contributed by atoms with E-state index in [1.165, 1.54) is 5.56 Å². The van der Waals surface area contributed by atoms with Crippen LogP contribution in [0, 0.1) is 12.8 Å².